The Morgan fingerprint density at radius 2 is 1.84 bits per heavy atom. The van der Waals surface area contributed by atoms with E-state index in [-0.39, 0.29) is 33.1 Å². The summed E-state index contributed by atoms with van der Waals surface area (Å²) in [6.07, 6.45) is 4.71. The number of ether oxygens (including phenoxy) is 1. The Bertz CT molecular complexity index is 1210. The van der Waals surface area contributed by atoms with Crippen molar-refractivity contribution in [2.24, 2.45) is 5.92 Å². The fourth-order valence-corrected chi connectivity index (χ4v) is 6.17. The van der Waals surface area contributed by atoms with Gasteiger partial charge in [0, 0.05) is 17.3 Å². The quantitative estimate of drug-likeness (QED) is 0.535. The van der Waals surface area contributed by atoms with E-state index in [9.17, 15) is 23.1 Å². The fraction of sp³-hybridized carbons (Fsp3) is 0.364. The number of carboxylic acids is 1. The van der Waals surface area contributed by atoms with Gasteiger partial charge in [0.25, 0.3) is 0 Å². The molecular weight excluding hydrogens is 458 g/mol. The maximum absolute atomic E-state index is 12.8. The highest BCUT2D eigenvalue weighted by Gasteiger charge is 2.29. The number of hydrogen-bond donors (Lipinski definition) is 3. The number of aliphatic carboxylic acids is 1. The molecule has 1 amide bonds. The van der Waals surface area contributed by atoms with Gasteiger partial charge in [-0.15, -0.1) is 0 Å². The number of phenolic OH excluding ortho intramolecular Hbond substituents is 1. The van der Waals surface area contributed by atoms with Gasteiger partial charge >= 0.3 is 11.9 Å². The summed E-state index contributed by atoms with van der Waals surface area (Å²) in [4.78, 5) is 22.3. The summed E-state index contributed by atoms with van der Waals surface area (Å²) < 4.78 is 31.5. The molecule has 2 aliphatic carbocycles. The molecule has 0 radical (unpaired) electrons. The molecule has 0 bridgehead atoms. The molecule has 0 aromatic heterocycles. The van der Waals surface area contributed by atoms with E-state index in [4.69, 9.17) is 21.4 Å². The van der Waals surface area contributed by atoms with Crippen molar-refractivity contribution in [1.29, 1.82) is 0 Å². The standard InChI is InChI=1S/C22H22ClNO7S/c23-16-10-17(24-21(26)22(27)28)14-5-2-6-15(14)20(16)31-13-7-8-18(25)19(9-13)32(29,30)11-12-3-1-4-12/h7-10,12,25H,1-6,11H2,(H,24,26)(H,27,28). The van der Waals surface area contributed by atoms with Crippen LogP contribution in [0.25, 0.3) is 0 Å². The molecule has 170 valence electrons. The molecule has 3 N–H and O–H groups in total. The first-order valence-electron chi connectivity index (χ1n) is 10.3. The lowest BCUT2D eigenvalue weighted by atomic mass is 9.87. The predicted octanol–water partition coefficient (Wildman–Crippen LogP) is 3.92. The lowest BCUT2D eigenvalue weighted by Crippen LogP contribution is -2.22. The van der Waals surface area contributed by atoms with Crippen molar-refractivity contribution in [2.75, 3.05) is 11.1 Å². The van der Waals surface area contributed by atoms with E-state index < -0.39 is 21.7 Å². The van der Waals surface area contributed by atoms with Gasteiger partial charge in [0.15, 0.2) is 9.84 Å². The van der Waals surface area contributed by atoms with Gasteiger partial charge in [-0.25, -0.2) is 13.2 Å². The lowest BCUT2D eigenvalue weighted by molar-refractivity contribution is -0.147. The van der Waals surface area contributed by atoms with E-state index in [0.29, 0.717) is 24.3 Å². The fourth-order valence-electron chi connectivity index (χ4n) is 4.10. The van der Waals surface area contributed by atoms with Gasteiger partial charge in [0.05, 0.1) is 10.8 Å². The molecule has 0 heterocycles. The minimum Gasteiger partial charge on any atom is -0.507 e. The molecule has 0 saturated heterocycles. The van der Waals surface area contributed by atoms with Gasteiger partial charge in [-0.1, -0.05) is 18.0 Å². The SMILES string of the molecule is O=C(O)C(=O)Nc1cc(Cl)c(Oc2ccc(O)c(S(=O)(=O)CC3CCC3)c2)c2c1CCC2. The molecule has 0 atom stereocenters. The number of sulfone groups is 1. The smallest absolute Gasteiger partial charge is 0.394 e. The third-order valence-electron chi connectivity index (χ3n) is 5.91. The first-order chi connectivity index (χ1) is 15.2. The van der Waals surface area contributed by atoms with Crippen LogP contribution < -0.4 is 10.1 Å². The Hall–Kier alpha value is -2.78. The monoisotopic (exact) mass is 479 g/mol. The minimum atomic E-state index is -3.68. The van der Waals surface area contributed by atoms with Crippen LogP contribution in [0.1, 0.15) is 36.8 Å². The molecule has 2 aromatic carbocycles. The van der Waals surface area contributed by atoms with Crippen LogP contribution in [0.15, 0.2) is 29.2 Å². The van der Waals surface area contributed by atoms with Crippen molar-refractivity contribution in [2.45, 2.75) is 43.4 Å². The summed E-state index contributed by atoms with van der Waals surface area (Å²) in [5.74, 6) is -2.49. The van der Waals surface area contributed by atoms with Gasteiger partial charge < -0.3 is 20.3 Å². The molecule has 0 spiro atoms. The maximum atomic E-state index is 12.8. The predicted molar refractivity (Wildman–Crippen MR) is 117 cm³/mol. The number of nitrogens with one attached hydrogen (secondary N) is 1. The number of rotatable bonds is 6. The number of anilines is 1. The molecule has 0 unspecified atom stereocenters. The van der Waals surface area contributed by atoms with Crippen LogP contribution in [0.2, 0.25) is 5.02 Å². The Labute approximate surface area is 190 Å². The number of hydrogen-bond acceptors (Lipinski definition) is 6. The van der Waals surface area contributed by atoms with Crippen molar-refractivity contribution in [3.8, 4) is 17.2 Å². The van der Waals surface area contributed by atoms with Crippen LogP contribution in [-0.2, 0) is 32.3 Å². The summed E-state index contributed by atoms with van der Waals surface area (Å²) in [6, 6.07) is 5.45. The van der Waals surface area contributed by atoms with Gasteiger partial charge in [-0.3, -0.25) is 4.79 Å². The van der Waals surface area contributed by atoms with Gasteiger partial charge in [-0.2, -0.15) is 0 Å². The van der Waals surface area contributed by atoms with Crippen LogP contribution in [0.5, 0.6) is 17.2 Å². The highest BCUT2D eigenvalue weighted by molar-refractivity contribution is 7.91. The van der Waals surface area contributed by atoms with E-state index in [1.165, 1.54) is 24.3 Å². The average Bonchev–Trinajstić information content (AvgIpc) is 3.19. The number of aromatic hydroxyl groups is 1. The van der Waals surface area contributed by atoms with E-state index in [0.717, 1.165) is 36.8 Å². The number of carbonyl (C=O) groups is 2. The number of halogens is 1. The summed E-state index contributed by atoms with van der Waals surface area (Å²) in [5, 5.41) is 21.5. The Morgan fingerprint density at radius 1 is 1.12 bits per heavy atom. The molecule has 10 heteroatoms. The zero-order valence-corrected chi connectivity index (χ0v) is 18.6. The Balaban J connectivity index is 1.65. The number of amides is 1. The van der Waals surface area contributed by atoms with Crippen molar-refractivity contribution in [1.82, 2.24) is 0 Å². The molecule has 1 saturated carbocycles. The highest BCUT2D eigenvalue weighted by Crippen LogP contribution is 2.44. The molecular formula is C22H22ClNO7S. The normalized spacial score (nSPS) is 15.7. The number of phenols is 1. The van der Waals surface area contributed by atoms with Crippen LogP contribution >= 0.6 is 11.6 Å². The Morgan fingerprint density at radius 3 is 2.50 bits per heavy atom. The largest absolute Gasteiger partial charge is 0.507 e. The highest BCUT2D eigenvalue weighted by atomic mass is 35.5. The third-order valence-corrected chi connectivity index (χ3v) is 8.10. The molecule has 1 fully saturated rings. The van der Waals surface area contributed by atoms with Crippen molar-refractivity contribution in [3.63, 3.8) is 0 Å². The van der Waals surface area contributed by atoms with Crippen molar-refractivity contribution >= 4 is 39.0 Å². The average molecular weight is 480 g/mol. The zero-order chi connectivity index (χ0) is 23.0. The van der Waals surface area contributed by atoms with E-state index in [2.05, 4.69) is 5.32 Å². The van der Waals surface area contributed by atoms with Gasteiger partial charge in [0.2, 0.25) is 0 Å². The van der Waals surface area contributed by atoms with E-state index in [1.807, 2.05) is 0 Å². The van der Waals surface area contributed by atoms with Crippen LogP contribution in [0.3, 0.4) is 0 Å². The number of carbonyl (C=O) groups excluding carboxylic acids is 1. The summed E-state index contributed by atoms with van der Waals surface area (Å²) in [6.45, 7) is 0. The molecule has 4 rings (SSSR count). The molecule has 0 aliphatic heterocycles. The first-order valence-corrected chi connectivity index (χ1v) is 12.3. The summed E-state index contributed by atoms with van der Waals surface area (Å²) in [5.41, 5.74) is 1.78. The Kier molecular flexibility index (Phi) is 6.05. The van der Waals surface area contributed by atoms with Crippen LogP contribution in [-0.4, -0.2) is 36.3 Å². The minimum absolute atomic E-state index is 0.0157. The number of fused-ring (bicyclic) bond motifs is 1. The number of benzene rings is 2. The second kappa shape index (κ2) is 8.63. The molecule has 2 aliphatic rings. The van der Waals surface area contributed by atoms with Crippen LogP contribution in [0.4, 0.5) is 5.69 Å². The second-order valence-corrected chi connectivity index (χ2v) is 10.5. The number of carboxylic acid groups (broad SMARTS) is 1. The topological polar surface area (TPSA) is 130 Å². The van der Waals surface area contributed by atoms with Gasteiger partial charge in [0.1, 0.15) is 22.1 Å². The van der Waals surface area contributed by atoms with E-state index >= 15 is 0 Å². The lowest BCUT2D eigenvalue weighted by Gasteiger charge is -2.25. The maximum Gasteiger partial charge on any atom is 0.394 e. The van der Waals surface area contributed by atoms with Crippen molar-refractivity contribution in [3.05, 3.63) is 40.4 Å². The molecule has 2 aromatic rings. The van der Waals surface area contributed by atoms with Crippen molar-refractivity contribution < 1.29 is 33.0 Å². The zero-order valence-electron chi connectivity index (χ0n) is 17.1. The van der Waals surface area contributed by atoms with Gasteiger partial charge in [-0.05, 0) is 61.8 Å². The molecule has 32 heavy (non-hydrogen) atoms. The summed E-state index contributed by atoms with van der Waals surface area (Å²) >= 11 is 6.39. The second-order valence-electron chi connectivity index (χ2n) is 8.11. The summed E-state index contributed by atoms with van der Waals surface area (Å²) in [7, 11) is -3.68. The van der Waals surface area contributed by atoms with E-state index in [1.54, 1.807) is 0 Å². The van der Waals surface area contributed by atoms with Crippen LogP contribution in [0, 0.1) is 5.92 Å². The third kappa shape index (κ3) is 4.40. The molecule has 8 nitrogen and oxygen atoms in total. The first kappa shape index (κ1) is 22.4.